The van der Waals surface area contributed by atoms with Crippen molar-refractivity contribution in [3.05, 3.63) is 35.9 Å². The topological polar surface area (TPSA) is 81.7 Å². The summed E-state index contributed by atoms with van der Waals surface area (Å²) in [6.07, 6.45) is 0.271. The Morgan fingerprint density at radius 2 is 1.64 bits per heavy atom. The van der Waals surface area contributed by atoms with E-state index in [0.717, 1.165) is 5.56 Å². The third-order valence-corrected chi connectivity index (χ3v) is 7.45. The lowest BCUT2D eigenvalue weighted by molar-refractivity contribution is -0.114. The molecule has 8 heteroatoms. The quantitative estimate of drug-likeness (QED) is 0.651. The molecule has 0 aliphatic rings. The summed E-state index contributed by atoms with van der Waals surface area (Å²) in [5.41, 5.74) is -0.436. The highest BCUT2D eigenvalue weighted by Gasteiger charge is 2.37. The van der Waals surface area contributed by atoms with Crippen LogP contribution in [0.5, 0.6) is 0 Å². The summed E-state index contributed by atoms with van der Waals surface area (Å²) in [6, 6.07) is 9.46. The van der Waals surface area contributed by atoms with Gasteiger partial charge in [0.25, 0.3) is 0 Å². The van der Waals surface area contributed by atoms with Crippen molar-refractivity contribution in [2.24, 2.45) is 0 Å². The smallest absolute Gasteiger partial charge is 0.307 e. The zero-order valence-electron chi connectivity index (χ0n) is 15.7. The van der Waals surface area contributed by atoms with E-state index in [1.54, 1.807) is 0 Å². The Labute approximate surface area is 152 Å². The van der Waals surface area contributed by atoms with Gasteiger partial charge in [-0.2, -0.15) is 0 Å². The molecule has 0 amide bonds. The van der Waals surface area contributed by atoms with Crippen LogP contribution in [0.25, 0.3) is 0 Å². The highest BCUT2D eigenvalue weighted by atomic mass is 32.2. The monoisotopic (exact) mass is 389 g/mol. The number of carbonyl (C=O) groups is 1. The molecule has 1 aromatic rings. The normalized spacial score (nSPS) is 16.2. The first-order valence-electron chi connectivity index (χ1n) is 7.98. The molecule has 0 radical (unpaired) electrons. The van der Waals surface area contributed by atoms with Crippen LogP contribution in [0.1, 0.15) is 46.1 Å². The maximum atomic E-state index is 12.6. The Bertz CT molecular complexity index is 651. The summed E-state index contributed by atoms with van der Waals surface area (Å²) in [5, 5.41) is 0. The fourth-order valence-electron chi connectivity index (χ4n) is 2.19. The second-order valence-corrected chi connectivity index (χ2v) is 11.1. The Morgan fingerprint density at radius 1 is 1.12 bits per heavy atom. The van der Waals surface area contributed by atoms with Gasteiger partial charge < -0.3 is 9.05 Å². The van der Waals surface area contributed by atoms with Gasteiger partial charge in [-0.05, 0) is 39.7 Å². The molecule has 2 atom stereocenters. The molecule has 0 aliphatic carbocycles. The number of hydrogen-bond donors (Lipinski definition) is 1. The predicted molar refractivity (Wildman–Crippen MR) is 101 cm³/mol. The van der Waals surface area contributed by atoms with Crippen molar-refractivity contribution in [1.29, 1.82) is 0 Å². The summed E-state index contributed by atoms with van der Waals surface area (Å²) in [7, 11) is -2.73. The van der Waals surface area contributed by atoms with Crippen molar-refractivity contribution < 1.29 is 22.6 Å². The van der Waals surface area contributed by atoms with E-state index < -0.39 is 34.4 Å². The van der Waals surface area contributed by atoms with Crippen LogP contribution in [0.15, 0.2) is 30.3 Å². The zero-order valence-corrected chi connectivity index (χ0v) is 17.4. The largest absolute Gasteiger partial charge is 0.396 e. The average Bonchev–Trinajstić information content (AvgIpc) is 2.58. The number of hydrogen-bond acceptors (Lipinski definition) is 5. The van der Waals surface area contributed by atoms with Crippen LogP contribution in [0.2, 0.25) is 0 Å². The lowest BCUT2D eigenvalue weighted by Gasteiger charge is -2.34. The summed E-state index contributed by atoms with van der Waals surface area (Å²) in [6.45, 7) is 7.49. The van der Waals surface area contributed by atoms with Gasteiger partial charge in [0.2, 0.25) is 5.52 Å². The van der Waals surface area contributed by atoms with Gasteiger partial charge in [-0.3, -0.25) is 9.36 Å². The molecule has 0 bridgehead atoms. The fourth-order valence-corrected chi connectivity index (χ4v) is 4.07. The van der Waals surface area contributed by atoms with Crippen molar-refractivity contribution in [2.45, 2.75) is 50.8 Å². The highest BCUT2D eigenvalue weighted by Crippen LogP contribution is 2.49. The molecule has 0 fully saturated rings. The van der Waals surface area contributed by atoms with Crippen molar-refractivity contribution in [3.8, 4) is 0 Å². The van der Waals surface area contributed by atoms with Crippen molar-refractivity contribution in [2.75, 3.05) is 14.2 Å². The Morgan fingerprint density at radius 3 is 2.08 bits per heavy atom. The molecular weight excluding hydrogens is 361 g/mol. The van der Waals surface area contributed by atoms with Gasteiger partial charge in [0.05, 0.1) is 21.3 Å². The van der Waals surface area contributed by atoms with Gasteiger partial charge in [-0.15, -0.1) is 0 Å². The minimum absolute atomic E-state index is 0.0291. The molecule has 1 rings (SSSR count). The highest BCUT2D eigenvalue weighted by molar-refractivity contribution is 7.84. The minimum Gasteiger partial charge on any atom is -0.307 e. The van der Waals surface area contributed by atoms with Gasteiger partial charge in [-0.1, -0.05) is 30.3 Å². The number of nitrogens with one attached hydrogen (secondary N) is 1. The van der Waals surface area contributed by atoms with Gasteiger partial charge in [0.1, 0.15) is 0 Å². The van der Waals surface area contributed by atoms with Crippen LogP contribution in [0.4, 0.5) is 0 Å². The van der Waals surface area contributed by atoms with E-state index in [9.17, 15) is 13.6 Å². The summed E-state index contributed by atoms with van der Waals surface area (Å²) < 4.78 is 37.0. The van der Waals surface area contributed by atoms with Gasteiger partial charge in [0.15, 0.2) is 0 Å². The lowest BCUT2D eigenvalue weighted by Crippen LogP contribution is -2.46. The second-order valence-electron chi connectivity index (χ2n) is 6.94. The average molecular weight is 389 g/mol. The predicted octanol–water partition coefficient (Wildman–Crippen LogP) is 3.75. The van der Waals surface area contributed by atoms with Crippen LogP contribution in [0, 0.1) is 0 Å². The Kier molecular flexibility index (Phi) is 7.71. The summed E-state index contributed by atoms with van der Waals surface area (Å²) in [5.74, 6) is 0. The molecule has 6 nitrogen and oxygen atoms in total. The SMILES string of the molecule is COP(=O)(OC)C(=O)CC[C@](C)(NS(=O)C(C)(C)C)c1ccccc1. The molecule has 0 aromatic heterocycles. The first-order chi connectivity index (χ1) is 11.5. The van der Waals surface area contributed by atoms with E-state index >= 15 is 0 Å². The van der Waals surface area contributed by atoms with Crippen molar-refractivity contribution >= 4 is 24.1 Å². The standard InChI is InChI=1S/C17H28NO5PS/c1-16(2,3)25(21)18-17(4,14-10-8-7-9-11-14)13-12-15(19)24(20,22-5)23-6/h7-11,18H,12-13H2,1-6H3/t17-,25?/m0/s1. The van der Waals surface area contributed by atoms with E-state index in [0.29, 0.717) is 6.42 Å². The van der Waals surface area contributed by atoms with Gasteiger partial charge >= 0.3 is 7.60 Å². The van der Waals surface area contributed by atoms with E-state index in [4.69, 9.17) is 9.05 Å². The first kappa shape index (κ1) is 22.2. The van der Waals surface area contributed by atoms with Crippen LogP contribution in [0.3, 0.4) is 0 Å². The van der Waals surface area contributed by atoms with E-state index in [1.165, 1.54) is 14.2 Å². The number of carbonyl (C=O) groups excluding carboxylic acids is 1. The molecule has 1 aromatic carbocycles. The van der Waals surface area contributed by atoms with Crippen LogP contribution >= 0.6 is 7.60 Å². The molecule has 0 spiro atoms. The van der Waals surface area contributed by atoms with E-state index in [2.05, 4.69) is 4.72 Å². The molecule has 1 unspecified atom stereocenters. The minimum atomic E-state index is -3.76. The van der Waals surface area contributed by atoms with E-state index in [1.807, 2.05) is 58.0 Å². The molecule has 0 heterocycles. The molecule has 25 heavy (non-hydrogen) atoms. The second kappa shape index (κ2) is 8.69. The molecule has 0 aliphatic heterocycles. The van der Waals surface area contributed by atoms with Crippen LogP contribution < -0.4 is 4.72 Å². The summed E-state index contributed by atoms with van der Waals surface area (Å²) in [4.78, 5) is 12.3. The molecule has 0 saturated heterocycles. The van der Waals surface area contributed by atoms with Crippen molar-refractivity contribution in [3.63, 3.8) is 0 Å². The Hall–Kier alpha value is -0.850. The van der Waals surface area contributed by atoms with Crippen molar-refractivity contribution in [1.82, 2.24) is 4.72 Å². The van der Waals surface area contributed by atoms with E-state index in [-0.39, 0.29) is 6.42 Å². The maximum Gasteiger partial charge on any atom is 0.396 e. The third-order valence-electron chi connectivity index (χ3n) is 3.91. The maximum absolute atomic E-state index is 12.6. The first-order valence-corrected chi connectivity index (χ1v) is 10.7. The molecule has 1 N–H and O–H groups in total. The third kappa shape index (κ3) is 5.83. The van der Waals surface area contributed by atoms with Crippen LogP contribution in [-0.4, -0.2) is 28.7 Å². The van der Waals surface area contributed by atoms with Crippen LogP contribution in [-0.2, 0) is 34.9 Å². The number of rotatable bonds is 9. The number of benzene rings is 1. The summed E-state index contributed by atoms with van der Waals surface area (Å²) >= 11 is 0. The zero-order chi connectivity index (χ0) is 19.3. The molecule has 142 valence electrons. The fraction of sp³-hybridized carbons (Fsp3) is 0.588. The lowest BCUT2D eigenvalue weighted by atomic mass is 9.89. The van der Waals surface area contributed by atoms with Gasteiger partial charge in [-0.25, -0.2) is 8.93 Å². The molecule has 0 saturated carbocycles. The molecular formula is C17H28NO5PS. The van der Waals surface area contributed by atoms with Gasteiger partial charge in [0, 0.05) is 20.6 Å². The Balaban J connectivity index is 3.07.